The van der Waals surface area contributed by atoms with Crippen LogP contribution in [0.25, 0.3) is 0 Å². The van der Waals surface area contributed by atoms with Gasteiger partial charge in [-0.1, -0.05) is 65.5 Å². The van der Waals surface area contributed by atoms with Crippen molar-refractivity contribution in [2.45, 2.75) is 105 Å². The summed E-state index contributed by atoms with van der Waals surface area (Å²) in [6.07, 6.45) is 14.8. The van der Waals surface area contributed by atoms with Crippen molar-refractivity contribution in [2.75, 3.05) is 6.61 Å². The molecule has 0 aliphatic heterocycles. The maximum atomic E-state index is 10.4. The number of aliphatic hydroxyl groups excluding tert-OH is 2. The molecule has 1 unspecified atom stereocenters. The molecule has 2 N–H and O–H groups in total. The maximum absolute atomic E-state index is 10.4. The molecule has 4 rings (SSSR count). The zero-order valence-corrected chi connectivity index (χ0v) is 20.4. The number of fused-ring (bicyclic) bond motifs is 5. The predicted octanol–water partition coefficient (Wildman–Crippen LogP) is 6.61. The van der Waals surface area contributed by atoms with Gasteiger partial charge >= 0.3 is 0 Å². The molecular weight excluding hydrogens is 368 g/mol. The van der Waals surface area contributed by atoms with E-state index in [0.717, 1.165) is 42.9 Å². The van der Waals surface area contributed by atoms with Crippen LogP contribution in [0.4, 0.5) is 0 Å². The molecular formula is C28H48O2. The van der Waals surface area contributed by atoms with Crippen molar-refractivity contribution >= 4 is 0 Å². The third kappa shape index (κ3) is 3.72. The largest absolute Gasteiger partial charge is 0.396 e. The first-order valence-corrected chi connectivity index (χ1v) is 13.2. The Hall–Kier alpha value is -0.340. The van der Waals surface area contributed by atoms with Gasteiger partial charge in [-0.15, -0.1) is 0 Å². The van der Waals surface area contributed by atoms with Crippen LogP contribution in [-0.4, -0.2) is 22.9 Å². The minimum Gasteiger partial charge on any atom is -0.396 e. The minimum absolute atomic E-state index is 0.170. The molecule has 0 saturated heterocycles. The van der Waals surface area contributed by atoms with Gasteiger partial charge in [-0.3, -0.25) is 0 Å². The quantitative estimate of drug-likeness (QED) is 0.478. The third-order valence-electron chi connectivity index (χ3n) is 10.7. The normalized spacial score (nSPS) is 46.7. The van der Waals surface area contributed by atoms with Crippen LogP contribution in [0.5, 0.6) is 0 Å². The fraction of sp³-hybridized carbons (Fsp3) is 0.929. The van der Waals surface area contributed by atoms with Crippen LogP contribution in [0.1, 0.15) is 98.8 Å². The van der Waals surface area contributed by atoms with E-state index in [4.69, 9.17) is 0 Å². The lowest BCUT2D eigenvalue weighted by atomic mass is 9.45. The van der Waals surface area contributed by atoms with E-state index in [1.165, 1.54) is 50.5 Å². The van der Waals surface area contributed by atoms with Gasteiger partial charge < -0.3 is 10.2 Å². The van der Waals surface area contributed by atoms with E-state index < -0.39 is 0 Å². The Morgan fingerprint density at radius 3 is 2.47 bits per heavy atom. The van der Waals surface area contributed by atoms with Crippen molar-refractivity contribution < 1.29 is 10.2 Å². The molecule has 2 nitrogen and oxygen atoms in total. The average Bonchev–Trinajstić information content (AvgIpc) is 3.05. The molecule has 0 radical (unpaired) electrons. The van der Waals surface area contributed by atoms with Crippen LogP contribution < -0.4 is 0 Å². The SMILES string of the molecule is CC(C)CCC[C@@H](C)[C@H]1CC[C@H]2[C@@H]3C(CO)C=C4C[C@@H](O)CC[C@]4(C)[C@H]3CC[C@]12C. The minimum atomic E-state index is -0.170. The molecule has 9 atom stereocenters. The van der Waals surface area contributed by atoms with Gasteiger partial charge in [0.15, 0.2) is 0 Å². The van der Waals surface area contributed by atoms with Crippen molar-refractivity contribution in [1.29, 1.82) is 0 Å². The second-order valence-electron chi connectivity index (χ2n) is 12.7. The van der Waals surface area contributed by atoms with Gasteiger partial charge in [0.05, 0.1) is 6.10 Å². The Morgan fingerprint density at radius 1 is 1.00 bits per heavy atom. The molecule has 0 amide bonds. The van der Waals surface area contributed by atoms with Crippen LogP contribution in [-0.2, 0) is 0 Å². The van der Waals surface area contributed by atoms with Crippen molar-refractivity contribution in [3.8, 4) is 0 Å². The zero-order valence-electron chi connectivity index (χ0n) is 20.4. The number of hydrogen-bond acceptors (Lipinski definition) is 2. The molecule has 0 aromatic heterocycles. The Kier molecular flexibility index (Phi) is 6.50. The summed E-state index contributed by atoms with van der Waals surface area (Å²) in [5.41, 5.74) is 2.20. The van der Waals surface area contributed by atoms with Crippen molar-refractivity contribution in [3.63, 3.8) is 0 Å². The lowest BCUT2D eigenvalue weighted by Crippen LogP contribution is -2.54. The molecule has 3 fully saturated rings. The van der Waals surface area contributed by atoms with Crippen molar-refractivity contribution in [2.24, 2.45) is 52.3 Å². The highest BCUT2D eigenvalue weighted by molar-refractivity contribution is 5.27. The van der Waals surface area contributed by atoms with Gasteiger partial charge in [-0.2, -0.15) is 0 Å². The van der Waals surface area contributed by atoms with Gasteiger partial charge in [0.2, 0.25) is 0 Å². The van der Waals surface area contributed by atoms with Crippen LogP contribution in [0.3, 0.4) is 0 Å². The van der Waals surface area contributed by atoms with E-state index in [1.807, 2.05) is 0 Å². The van der Waals surface area contributed by atoms with E-state index in [9.17, 15) is 10.2 Å². The molecule has 0 spiro atoms. The Labute approximate surface area is 185 Å². The van der Waals surface area contributed by atoms with E-state index in [1.54, 1.807) is 0 Å². The van der Waals surface area contributed by atoms with Crippen LogP contribution in [0.2, 0.25) is 0 Å². The first kappa shape index (κ1) is 22.8. The van der Waals surface area contributed by atoms with Crippen LogP contribution >= 0.6 is 0 Å². The van der Waals surface area contributed by atoms with Gasteiger partial charge in [0.25, 0.3) is 0 Å². The summed E-state index contributed by atoms with van der Waals surface area (Å²) in [6, 6.07) is 0. The Morgan fingerprint density at radius 2 is 1.77 bits per heavy atom. The number of rotatable bonds is 6. The fourth-order valence-corrected chi connectivity index (χ4v) is 9.00. The second kappa shape index (κ2) is 8.54. The molecule has 4 aliphatic carbocycles. The zero-order chi connectivity index (χ0) is 21.7. The summed E-state index contributed by atoms with van der Waals surface area (Å²) in [5, 5.41) is 20.7. The first-order valence-electron chi connectivity index (χ1n) is 13.2. The average molecular weight is 417 g/mol. The lowest BCUT2D eigenvalue weighted by molar-refractivity contribution is -0.0827. The predicted molar refractivity (Wildman–Crippen MR) is 125 cm³/mol. The molecule has 0 aromatic rings. The standard InChI is InChI=1S/C28H48O2/c1-18(2)7-6-8-19(3)23-9-10-24-26-20(17-29)15-21-16-22(30)11-13-27(21,4)25(26)12-14-28(23,24)5/h15,18-20,22-26,29-30H,6-14,16-17H2,1-5H3/t19-,20?,22+,23-,24+,25+,26+,27+,28-/m1/s1. The summed E-state index contributed by atoms with van der Waals surface area (Å²) in [5.74, 6) is 4.94. The van der Waals surface area contributed by atoms with E-state index in [2.05, 4.69) is 40.7 Å². The molecule has 3 saturated carbocycles. The van der Waals surface area contributed by atoms with Crippen molar-refractivity contribution in [3.05, 3.63) is 11.6 Å². The van der Waals surface area contributed by atoms with Gasteiger partial charge in [0, 0.05) is 12.5 Å². The highest BCUT2D eigenvalue weighted by Gasteiger charge is 2.60. The van der Waals surface area contributed by atoms with Crippen LogP contribution in [0.15, 0.2) is 11.6 Å². The van der Waals surface area contributed by atoms with E-state index in [0.29, 0.717) is 23.2 Å². The topological polar surface area (TPSA) is 40.5 Å². The summed E-state index contributed by atoms with van der Waals surface area (Å²) in [6.45, 7) is 12.7. The van der Waals surface area contributed by atoms with Crippen LogP contribution in [0, 0.1) is 52.3 Å². The highest BCUT2D eigenvalue weighted by atomic mass is 16.3. The second-order valence-corrected chi connectivity index (χ2v) is 12.7. The fourth-order valence-electron chi connectivity index (χ4n) is 9.00. The summed E-state index contributed by atoms with van der Waals surface area (Å²) in [7, 11) is 0. The molecule has 30 heavy (non-hydrogen) atoms. The molecule has 172 valence electrons. The van der Waals surface area contributed by atoms with Gasteiger partial charge in [-0.05, 0) is 91.3 Å². The summed E-state index contributed by atoms with van der Waals surface area (Å²) in [4.78, 5) is 0. The monoisotopic (exact) mass is 416 g/mol. The van der Waals surface area contributed by atoms with E-state index in [-0.39, 0.29) is 18.1 Å². The smallest absolute Gasteiger partial charge is 0.0577 e. The molecule has 0 bridgehead atoms. The Bertz CT molecular complexity index is 639. The first-order chi connectivity index (χ1) is 14.2. The summed E-state index contributed by atoms with van der Waals surface area (Å²) >= 11 is 0. The third-order valence-corrected chi connectivity index (χ3v) is 10.7. The molecule has 4 aliphatic rings. The molecule has 0 heterocycles. The van der Waals surface area contributed by atoms with Gasteiger partial charge in [0.1, 0.15) is 0 Å². The number of aliphatic hydroxyl groups is 2. The highest BCUT2D eigenvalue weighted by Crippen LogP contribution is 2.68. The number of hydrogen-bond donors (Lipinski definition) is 2. The van der Waals surface area contributed by atoms with E-state index >= 15 is 0 Å². The summed E-state index contributed by atoms with van der Waals surface area (Å²) < 4.78 is 0. The van der Waals surface area contributed by atoms with Gasteiger partial charge in [-0.25, -0.2) is 0 Å². The lowest BCUT2D eigenvalue weighted by Gasteiger charge is -2.60. The molecule has 2 heteroatoms. The Balaban J connectivity index is 1.56. The maximum Gasteiger partial charge on any atom is 0.0577 e. The molecule has 0 aromatic carbocycles. The van der Waals surface area contributed by atoms with Crippen molar-refractivity contribution in [1.82, 2.24) is 0 Å².